The number of carbonyl (C=O) groups excluding carboxylic acids is 1. The summed E-state index contributed by atoms with van der Waals surface area (Å²) >= 11 is 10.7. The minimum absolute atomic E-state index is 0.0397. The zero-order chi connectivity index (χ0) is 20.3. The van der Waals surface area contributed by atoms with Crippen LogP contribution in [0.1, 0.15) is 26.3 Å². The van der Waals surface area contributed by atoms with Gasteiger partial charge in [0.05, 0.1) is 4.47 Å². The van der Waals surface area contributed by atoms with E-state index in [0.717, 1.165) is 10.0 Å². The second-order valence-corrected chi connectivity index (χ2v) is 9.42. The number of amides is 1. The molecule has 0 saturated heterocycles. The van der Waals surface area contributed by atoms with Crippen LogP contribution in [0.15, 0.2) is 46.9 Å². The number of rotatable bonds is 5. The Bertz CT molecular complexity index is 984. The van der Waals surface area contributed by atoms with Gasteiger partial charge in [-0.05, 0) is 51.2 Å². The molecule has 3 rings (SSSR count). The van der Waals surface area contributed by atoms with Gasteiger partial charge in [-0.15, -0.1) is 10.2 Å². The number of benzene rings is 2. The zero-order valence-corrected chi connectivity index (χ0v) is 18.8. The van der Waals surface area contributed by atoms with Gasteiger partial charge in [0.2, 0.25) is 5.13 Å². The average Bonchev–Trinajstić information content (AvgIpc) is 3.09. The third kappa shape index (κ3) is 5.31. The number of halogens is 2. The lowest BCUT2D eigenvalue weighted by Crippen LogP contribution is -2.20. The summed E-state index contributed by atoms with van der Waals surface area (Å²) in [5, 5.41) is 12.6. The van der Waals surface area contributed by atoms with Gasteiger partial charge in [-0.2, -0.15) is 0 Å². The molecule has 1 N–H and O–H groups in total. The van der Waals surface area contributed by atoms with Crippen LogP contribution >= 0.6 is 38.9 Å². The highest BCUT2D eigenvalue weighted by Gasteiger charge is 2.16. The SMILES string of the molecule is CC(C)(C)c1ccc(OCC(=O)Nc2nnc(-c3ccc(Cl)cc3)s2)c(Br)c1. The number of nitrogens with one attached hydrogen (secondary N) is 1. The molecular weight excluding hydrogens is 462 g/mol. The minimum Gasteiger partial charge on any atom is -0.483 e. The summed E-state index contributed by atoms with van der Waals surface area (Å²) in [6.07, 6.45) is 0. The van der Waals surface area contributed by atoms with Crippen LogP contribution in [0, 0.1) is 0 Å². The van der Waals surface area contributed by atoms with Crippen LogP contribution in [0.5, 0.6) is 5.75 Å². The standard InChI is InChI=1S/C20H19BrClN3O2S/c1-20(2,3)13-6-9-16(15(21)10-13)27-11-17(26)23-19-25-24-18(28-19)12-4-7-14(22)8-5-12/h4-10H,11H2,1-3H3,(H,23,25,26). The molecule has 2 aromatic carbocycles. The molecule has 0 fully saturated rings. The molecule has 146 valence electrons. The van der Waals surface area contributed by atoms with Gasteiger partial charge in [-0.1, -0.05) is 61.9 Å². The highest BCUT2D eigenvalue weighted by Crippen LogP contribution is 2.31. The Kier molecular flexibility index (Phi) is 6.37. The highest BCUT2D eigenvalue weighted by molar-refractivity contribution is 9.10. The zero-order valence-electron chi connectivity index (χ0n) is 15.6. The molecule has 0 unspecified atom stereocenters. The van der Waals surface area contributed by atoms with Crippen LogP contribution in [-0.2, 0) is 10.2 Å². The lowest BCUT2D eigenvalue weighted by Gasteiger charge is -2.20. The molecule has 0 saturated carbocycles. The molecule has 28 heavy (non-hydrogen) atoms. The molecule has 0 aliphatic rings. The van der Waals surface area contributed by atoms with Crippen molar-refractivity contribution >= 4 is 49.9 Å². The van der Waals surface area contributed by atoms with E-state index in [2.05, 4.69) is 52.2 Å². The Balaban J connectivity index is 1.58. The van der Waals surface area contributed by atoms with Crippen molar-refractivity contribution in [3.8, 4) is 16.3 Å². The van der Waals surface area contributed by atoms with Crippen molar-refractivity contribution in [3.63, 3.8) is 0 Å². The van der Waals surface area contributed by atoms with Crippen LogP contribution in [0.3, 0.4) is 0 Å². The molecule has 0 atom stereocenters. The first kappa shape index (κ1) is 20.8. The van der Waals surface area contributed by atoms with E-state index < -0.39 is 0 Å². The van der Waals surface area contributed by atoms with Crippen LogP contribution in [0.2, 0.25) is 5.02 Å². The lowest BCUT2D eigenvalue weighted by atomic mass is 9.87. The molecular formula is C20H19BrClN3O2S. The number of carbonyl (C=O) groups is 1. The van der Waals surface area contributed by atoms with E-state index in [1.165, 1.54) is 16.9 Å². The van der Waals surface area contributed by atoms with Gasteiger partial charge in [0, 0.05) is 10.6 Å². The number of hydrogen-bond acceptors (Lipinski definition) is 5. The maximum absolute atomic E-state index is 12.2. The van der Waals surface area contributed by atoms with Gasteiger partial charge >= 0.3 is 0 Å². The molecule has 0 aliphatic carbocycles. The van der Waals surface area contributed by atoms with Crippen molar-refractivity contribution in [2.75, 3.05) is 11.9 Å². The Morgan fingerprint density at radius 1 is 1.18 bits per heavy atom. The summed E-state index contributed by atoms with van der Waals surface area (Å²) in [6, 6.07) is 13.2. The van der Waals surface area contributed by atoms with Gasteiger partial charge in [0.25, 0.3) is 5.91 Å². The van der Waals surface area contributed by atoms with Crippen LogP contribution in [0.25, 0.3) is 10.6 Å². The van der Waals surface area contributed by atoms with Gasteiger partial charge in [0.15, 0.2) is 6.61 Å². The van der Waals surface area contributed by atoms with E-state index in [1.807, 2.05) is 30.3 Å². The third-order valence-corrected chi connectivity index (χ3v) is 5.68. The van der Waals surface area contributed by atoms with Crippen LogP contribution in [0.4, 0.5) is 5.13 Å². The molecule has 0 radical (unpaired) electrons. The normalized spacial score (nSPS) is 11.3. The summed E-state index contributed by atoms with van der Waals surface area (Å²) in [7, 11) is 0. The number of aromatic nitrogens is 2. The van der Waals surface area contributed by atoms with Gasteiger partial charge < -0.3 is 4.74 Å². The second kappa shape index (κ2) is 8.59. The number of anilines is 1. The molecule has 0 bridgehead atoms. The predicted octanol–water partition coefficient (Wildman–Crippen LogP) is 5.94. The fraction of sp³-hybridized carbons (Fsp3) is 0.250. The number of ether oxygens (including phenoxy) is 1. The topological polar surface area (TPSA) is 64.1 Å². The maximum atomic E-state index is 12.2. The van der Waals surface area contributed by atoms with Crippen molar-refractivity contribution in [2.45, 2.75) is 26.2 Å². The Labute approximate surface area is 181 Å². The average molecular weight is 481 g/mol. The summed E-state index contributed by atoms with van der Waals surface area (Å²) in [5.41, 5.74) is 2.11. The molecule has 0 aliphatic heterocycles. The van der Waals surface area contributed by atoms with Crippen molar-refractivity contribution in [3.05, 3.63) is 57.5 Å². The summed E-state index contributed by atoms with van der Waals surface area (Å²) in [5.74, 6) is 0.313. The summed E-state index contributed by atoms with van der Waals surface area (Å²) in [6.45, 7) is 6.30. The molecule has 0 spiro atoms. The molecule has 1 aromatic heterocycles. The van der Waals surface area contributed by atoms with E-state index in [4.69, 9.17) is 16.3 Å². The Morgan fingerprint density at radius 3 is 2.54 bits per heavy atom. The maximum Gasteiger partial charge on any atom is 0.264 e. The van der Waals surface area contributed by atoms with Gasteiger partial charge in [-0.25, -0.2) is 0 Å². The van der Waals surface area contributed by atoms with Gasteiger partial charge in [-0.3, -0.25) is 10.1 Å². The van der Waals surface area contributed by atoms with E-state index in [-0.39, 0.29) is 17.9 Å². The first-order chi connectivity index (χ1) is 13.2. The van der Waals surface area contributed by atoms with E-state index in [9.17, 15) is 4.79 Å². The molecule has 5 nitrogen and oxygen atoms in total. The van der Waals surface area contributed by atoms with Crippen molar-refractivity contribution in [2.24, 2.45) is 0 Å². The third-order valence-electron chi connectivity index (χ3n) is 3.92. The van der Waals surface area contributed by atoms with Gasteiger partial charge in [0.1, 0.15) is 10.8 Å². The predicted molar refractivity (Wildman–Crippen MR) is 117 cm³/mol. The van der Waals surface area contributed by atoms with E-state index in [0.29, 0.717) is 20.9 Å². The summed E-state index contributed by atoms with van der Waals surface area (Å²) in [4.78, 5) is 12.2. The Morgan fingerprint density at radius 2 is 1.89 bits per heavy atom. The molecule has 1 heterocycles. The van der Waals surface area contributed by atoms with E-state index >= 15 is 0 Å². The minimum atomic E-state index is -0.300. The molecule has 8 heteroatoms. The van der Waals surface area contributed by atoms with E-state index in [1.54, 1.807) is 12.1 Å². The lowest BCUT2D eigenvalue weighted by molar-refractivity contribution is -0.118. The number of hydrogen-bond donors (Lipinski definition) is 1. The van der Waals surface area contributed by atoms with Crippen LogP contribution < -0.4 is 10.1 Å². The molecule has 3 aromatic rings. The van der Waals surface area contributed by atoms with Crippen molar-refractivity contribution < 1.29 is 9.53 Å². The van der Waals surface area contributed by atoms with Crippen molar-refractivity contribution in [1.29, 1.82) is 0 Å². The smallest absolute Gasteiger partial charge is 0.264 e. The van der Waals surface area contributed by atoms with Crippen molar-refractivity contribution in [1.82, 2.24) is 10.2 Å². The molecule has 1 amide bonds. The monoisotopic (exact) mass is 479 g/mol. The fourth-order valence-corrected chi connectivity index (χ4v) is 3.75. The first-order valence-corrected chi connectivity index (χ1v) is 10.5. The second-order valence-electron chi connectivity index (χ2n) is 7.15. The fourth-order valence-electron chi connectivity index (χ4n) is 2.37. The van der Waals surface area contributed by atoms with Crippen LogP contribution in [-0.4, -0.2) is 22.7 Å². The highest BCUT2D eigenvalue weighted by atomic mass is 79.9. The largest absolute Gasteiger partial charge is 0.483 e. The quantitative estimate of drug-likeness (QED) is 0.491. The Hall–Kier alpha value is -1.96. The number of nitrogens with zero attached hydrogens (tertiary/aromatic N) is 2. The summed E-state index contributed by atoms with van der Waals surface area (Å²) < 4.78 is 6.44. The first-order valence-electron chi connectivity index (χ1n) is 8.54.